The lowest BCUT2D eigenvalue weighted by molar-refractivity contribution is 0.102. The van der Waals surface area contributed by atoms with Gasteiger partial charge in [0, 0.05) is 6.20 Å². The summed E-state index contributed by atoms with van der Waals surface area (Å²) >= 11 is 0. The average molecular weight is 496 g/mol. The first-order chi connectivity index (χ1) is 18.0. The zero-order valence-electron chi connectivity index (χ0n) is 20.6. The molecule has 0 aliphatic carbocycles. The molecule has 0 unspecified atom stereocenters. The zero-order valence-corrected chi connectivity index (χ0v) is 20.6. The summed E-state index contributed by atoms with van der Waals surface area (Å²) in [5.74, 6) is 0.0929. The third-order valence-electron chi connectivity index (χ3n) is 6.06. The number of aryl methyl sites for hydroxylation is 1. The Balaban J connectivity index is 1.20. The van der Waals surface area contributed by atoms with Gasteiger partial charge in [0.2, 0.25) is 0 Å². The lowest BCUT2D eigenvalue weighted by Crippen LogP contribution is -2.15. The number of hydrogen-bond acceptors (Lipinski definition) is 4. The van der Waals surface area contributed by atoms with Crippen molar-refractivity contribution in [2.75, 3.05) is 5.32 Å². The molecule has 0 fully saturated rings. The van der Waals surface area contributed by atoms with E-state index in [2.05, 4.69) is 27.6 Å². The van der Waals surface area contributed by atoms with Gasteiger partial charge >= 0.3 is 0 Å². The van der Waals surface area contributed by atoms with Crippen LogP contribution < -0.4 is 10.1 Å². The lowest BCUT2D eigenvalue weighted by Gasteiger charge is -2.08. The number of aromatic nitrogens is 4. The highest BCUT2D eigenvalue weighted by molar-refractivity contribution is 6.03. The molecule has 2 heterocycles. The fourth-order valence-electron chi connectivity index (χ4n) is 4.04. The molecule has 2 aromatic heterocycles. The van der Waals surface area contributed by atoms with Crippen LogP contribution in [0.1, 0.15) is 27.4 Å². The topological polar surface area (TPSA) is 74.0 Å². The van der Waals surface area contributed by atoms with E-state index in [4.69, 9.17) is 4.74 Å². The summed E-state index contributed by atoms with van der Waals surface area (Å²) in [6, 6.07) is 25.9. The number of ether oxygens (including phenoxy) is 1. The molecular weight excluding hydrogens is 469 g/mol. The minimum atomic E-state index is -0.335. The molecule has 0 aliphatic rings. The second kappa shape index (κ2) is 10.5. The van der Waals surface area contributed by atoms with Gasteiger partial charge in [-0.2, -0.15) is 10.2 Å². The summed E-state index contributed by atoms with van der Waals surface area (Å²) in [5, 5.41) is 11.8. The number of nitrogens with zero attached hydrogens (tertiary/aromatic N) is 4. The van der Waals surface area contributed by atoms with Crippen LogP contribution in [0, 0.1) is 19.7 Å². The quantitative estimate of drug-likeness (QED) is 0.294. The molecule has 0 aliphatic heterocycles. The molecule has 5 aromatic rings. The number of halogens is 1. The van der Waals surface area contributed by atoms with Crippen molar-refractivity contribution < 1.29 is 13.9 Å². The van der Waals surface area contributed by atoms with E-state index in [0.717, 1.165) is 22.4 Å². The first-order valence-electron chi connectivity index (χ1n) is 11.9. The van der Waals surface area contributed by atoms with Crippen molar-refractivity contribution in [1.82, 2.24) is 19.6 Å². The Morgan fingerprint density at radius 1 is 0.892 bits per heavy atom. The van der Waals surface area contributed by atoms with Crippen molar-refractivity contribution in [3.8, 4) is 16.9 Å². The number of amides is 1. The first-order valence-corrected chi connectivity index (χ1v) is 11.9. The fourth-order valence-corrected chi connectivity index (χ4v) is 4.04. The van der Waals surface area contributed by atoms with Crippen LogP contribution in [-0.4, -0.2) is 25.5 Å². The lowest BCUT2D eigenvalue weighted by atomic mass is 10.1. The van der Waals surface area contributed by atoms with Crippen LogP contribution in [-0.2, 0) is 13.3 Å². The van der Waals surface area contributed by atoms with Gasteiger partial charge in [-0.05, 0) is 60.9 Å². The average Bonchev–Trinajstić information content (AvgIpc) is 3.50. The predicted octanol–water partition coefficient (Wildman–Crippen LogP) is 5.84. The van der Waals surface area contributed by atoms with Gasteiger partial charge in [0.05, 0.1) is 23.6 Å². The van der Waals surface area contributed by atoms with Crippen molar-refractivity contribution in [1.29, 1.82) is 0 Å². The molecule has 1 N–H and O–H groups in total. The fraction of sp³-hybridized carbons (Fsp3) is 0.138. The molecule has 186 valence electrons. The van der Waals surface area contributed by atoms with Gasteiger partial charge in [0.1, 0.15) is 11.6 Å². The third kappa shape index (κ3) is 5.59. The van der Waals surface area contributed by atoms with Crippen molar-refractivity contribution >= 4 is 11.6 Å². The van der Waals surface area contributed by atoms with Gasteiger partial charge in [-0.3, -0.25) is 9.48 Å². The standard InChI is InChI=1S/C29H26FN5O2/c1-20-28(21(2)35(32-20)18-22-8-12-25(30)13-9-22)31-29(36)27-16-17-34(33-27)19-37-26-14-10-24(11-15-26)23-6-4-3-5-7-23/h3-17H,18-19H2,1-2H3,(H,31,36). The van der Waals surface area contributed by atoms with Gasteiger partial charge in [0.25, 0.3) is 5.91 Å². The second-order valence-electron chi connectivity index (χ2n) is 8.69. The maximum absolute atomic E-state index is 13.2. The van der Waals surface area contributed by atoms with E-state index in [9.17, 15) is 9.18 Å². The Morgan fingerprint density at radius 2 is 1.59 bits per heavy atom. The molecule has 1 amide bonds. The number of benzene rings is 3. The van der Waals surface area contributed by atoms with E-state index in [0.29, 0.717) is 23.7 Å². The molecular formula is C29H26FN5O2. The molecule has 0 radical (unpaired) electrons. The summed E-state index contributed by atoms with van der Waals surface area (Å²) in [6.45, 7) is 4.36. The normalized spacial score (nSPS) is 10.9. The van der Waals surface area contributed by atoms with Gasteiger partial charge in [-0.25, -0.2) is 9.07 Å². The van der Waals surface area contributed by atoms with Crippen LogP contribution in [0.25, 0.3) is 11.1 Å². The highest BCUT2D eigenvalue weighted by Crippen LogP contribution is 2.23. The van der Waals surface area contributed by atoms with Crippen LogP contribution in [0.2, 0.25) is 0 Å². The van der Waals surface area contributed by atoms with Crippen LogP contribution in [0.3, 0.4) is 0 Å². The predicted molar refractivity (Wildman–Crippen MR) is 140 cm³/mol. The Morgan fingerprint density at radius 3 is 2.32 bits per heavy atom. The van der Waals surface area contributed by atoms with Crippen LogP contribution >= 0.6 is 0 Å². The molecule has 0 saturated heterocycles. The number of hydrogen-bond donors (Lipinski definition) is 1. The summed E-state index contributed by atoms with van der Waals surface area (Å²) in [6.07, 6.45) is 1.70. The number of carbonyl (C=O) groups is 1. The van der Waals surface area contributed by atoms with Crippen molar-refractivity contribution in [2.45, 2.75) is 27.1 Å². The van der Waals surface area contributed by atoms with E-state index in [1.165, 1.54) is 12.1 Å². The Kier molecular flexibility index (Phi) is 6.81. The maximum atomic E-state index is 13.2. The Labute approximate surface area is 214 Å². The zero-order chi connectivity index (χ0) is 25.8. The highest BCUT2D eigenvalue weighted by atomic mass is 19.1. The smallest absolute Gasteiger partial charge is 0.276 e. The van der Waals surface area contributed by atoms with Gasteiger partial charge < -0.3 is 10.1 Å². The van der Waals surface area contributed by atoms with Crippen molar-refractivity contribution in [2.24, 2.45) is 0 Å². The summed E-state index contributed by atoms with van der Waals surface area (Å²) in [7, 11) is 0. The first kappa shape index (κ1) is 24.0. The Hall–Kier alpha value is -4.72. The minimum Gasteiger partial charge on any atom is -0.471 e. The SMILES string of the molecule is Cc1nn(Cc2ccc(F)cc2)c(C)c1NC(=O)c1ccn(COc2ccc(-c3ccccc3)cc2)n1. The molecule has 0 saturated carbocycles. The van der Waals surface area contributed by atoms with Crippen LogP contribution in [0.4, 0.5) is 10.1 Å². The summed E-state index contributed by atoms with van der Waals surface area (Å²) in [5.41, 5.74) is 5.57. The van der Waals surface area contributed by atoms with E-state index >= 15 is 0 Å². The molecule has 3 aromatic carbocycles. The minimum absolute atomic E-state index is 0.172. The van der Waals surface area contributed by atoms with E-state index in [1.54, 1.807) is 33.8 Å². The molecule has 5 rings (SSSR count). The number of nitrogens with one attached hydrogen (secondary N) is 1. The van der Waals surface area contributed by atoms with Crippen LogP contribution in [0.5, 0.6) is 5.75 Å². The van der Waals surface area contributed by atoms with E-state index in [1.807, 2.05) is 56.3 Å². The van der Waals surface area contributed by atoms with Crippen molar-refractivity contribution in [3.05, 3.63) is 120 Å². The molecule has 7 nitrogen and oxygen atoms in total. The number of anilines is 1. The largest absolute Gasteiger partial charge is 0.471 e. The van der Waals surface area contributed by atoms with Gasteiger partial charge in [0.15, 0.2) is 12.4 Å². The van der Waals surface area contributed by atoms with E-state index in [-0.39, 0.29) is 24.1 Å². The van der Waals surface area contributed by atoms with Crippen molar-refractivity contribution in [3.63, 3.8) is 0 Å². The van der Waals surface area contributed by atoms with Crippen LogP contribution in [0.15, 0.2) is 91.1 Å². The summed E-state index contributed by atoms with van der Waals surface area (Å²) < 4.78 is 22.4. The highest BCUT2D eigenvalue weighted by Gasteiger charge is 2.17. The Bertz CT molecular complexity index is 1510. The number of carbonyl (C=O) groups excluding carboxylic acids is 1. The molecule has 0 bridgehead atoms. The number of rotatable bonds is 8. The van der Waals surface area contributed by atoms with Gasteiger partial charge in [-0.15, -0.1) is 0 Å². The third-order valence-corrected chi connectivity index (χ3v) is 6.06. The second-order valence-corrected chi connectivity index (χ2v) is 8.69. The summed E-state index contributed by atoms with van der Waals surface area (Å²) in [4.78, 5) is 12.9. The maximum Gasteiger partial charge on any atom is 0.276 e. The molecule has 37 heavy (non-hydrogen) atoms. The monoisotopic (exact) mass is 495 g/mol. The molecule has 0 spiro atoms. The molecule has 0 atom stereocenters. The molecule has 8 heteroatoms. The van der Waals surface area contributed by atoms with E-state index < -0.39 is 0 Å². The van der Waals surface area contributed by atoms with Gasteiger partial charge in [-0.1, -0.05) is 54.6 Å².